The van der Waals surface area contributed by atoms with Crippen LogP contribution in [0, 0.1) is 0 Å². The van der Waals surface area contributed by atoms with Crippen LogP contribution in [-0.4, -0.2) is 33.0 Å². The minimum Gasteiger partial charge on any atom is -0.318 e. The Balaban J connectivity index is 3.21. The fourth-order valence-corrected chi connectivity index (χ4v) is 0.438. The van der Waals surface area contributed by atoms with Gasteiger partial charge in [0.05, 0.1) is 6.04 Å². The summed E-state index contributed by atoms with van der Waals surface area (Å²) in [6, 6.07) is -0.0417. The highest BCUT2D eigenvalue weighted by molar-refractivity contribution is 5.57. The van der Waals surface area contributed by atoms with Crippen LogP contribution in [0.2, 0.25) is 0 Å². The van der Waals surface area contributed by atoms with Crippen LogP contribution in [0.4, 0.5) is 0 Å². The predicted octanol–water partition coefficient (Wildman–Crippen LogP) is -1.01. The number of carbonyl (C=O) groups excluding carboxylic acids is 1. The van der Waals surface area contributed by atoms with Gasteiger partial charge >= 0.3 is 0 Å². The van der Waals surface area contributed by atoms with E-state index in [2.05, 4.69) is 10.6 Å². The highest BCUT2D eigenvalue weighted by Crippen LogP contribution is 1.68. The molecular formula is C5H12N2O. The van der Waals surface area contributed by atoms with Crippen molar-refractivity contribution in [1.29, 1.82) is 0 Å². The second kappa shape index (κ2) is 4.74. The van der Waals surface area contributed by atoms with Crippen molar-refractivity contribution in [2.24, 2.45) is 0 Å². The number of hydrogen-bond acceptors (Lipinski definition) is 3. The van der Waals surface area contributed by atoms with E-state index in [4.69, 9.17) is 0 Å². The zero-order valence-corrected chi connectivity index (χ0v) is 5.27. The molecule has 0 aromatic heterocycles. The van der Waals surface area contributed by atoms with Crippen LogP contribution < -0.4 is 10.6 Å². The van der Waals surface area contributed by atoms with Crippen molar-refractivity contribution in [2.75, 3.05) is 20.6 Å². The lowest BCUT2D eigenvalue weighted by molar-refractivity contribution is -0.109. The molecule has 0 aliphatic heterocycles. The maximum Gasteiger partial charge on any atom is 0.138 e. The summed E-state index contributed by atoms with van der Waals surface area (Å²) in [7, 11) is 3.57. The fraction of sp³-hybridized carbons (Fsp3) is 0.800. The number of aldehydes is 1. The molecule has 0 fully saturated rings. The molecule has 1 atom stereocenters. The highest BCUT2D eigenvalue weighted by Gasteiger charge is 1.98. The van der Waals surface area contributed by atoms with E-state index in [1.165, 1.54) is 0 Å². The average Bonchev–Trinajstić information content (AvgIpc) is 1.83. The fourth-order valence-electron chi connectivity index (χ4n) is 0.438. The first kappa shape index (κ1) is 7.59. The average molecular weight is 116 g/mol. The summed E-state index contributed by atoms with van der Waals surface area (Å²) in [5.41, 5.74) is 0. The van der Waals surface area contributed by atoms with Gasteiger partial charge in [0.1, 0.15) is 6.29 Å². The first-order chi connectivity index (χ1) is 3.85. The van der Waals surface area contributed by atoms with Crippen molar-refractivity contribution < 1.29 is 4.79 Å². The molecule has 1 unspecified atom stereocenters. The van der Waals surface area contributed by atoms with Gasteiger partial charge in [0.25, 0.3) is 0 Å². The third-order valence-corrected chi connectivity index (χ3v) is 0.959. The Morgan fingerprint density at radius 2 is 2.25 bits per heavy atom. The molecule has 0 saturated carbocycles. The minimum absolute atomic E-state index is 0.0417. The molecule has 0 radical (unpaired) electrons. The van der Waals surface area contributed by atoms with Crippen LogP contribution in [-0.2, 0) is 4.79 Å². The molecule has 48 valence electrons. The van der Waals surface area contributed by atoms with Crippen LogP contribution in [0.5, 0.6) is 0 Å². The lowest BCUT2D eigenvalue weighted by Crippen LogP contribution is -2.36. The first-order valence-corrected chi connectivity index (χ1v) is 2.62. The second-order valence-corrected chi connectivity index (χ2v) is 1.59. The van der Waals surface area contributed by atoms with E-state index in [1.54, 1.807) is 7.05 Å². The highest BCUT2D eigenvalue weighted by atomic mass is 16.1. The number of likely N-dealkylation sites (N-methyl/N-ethyl adjacent to an activating group) is 2. The van der Waals surface area contributed by atoms with Crippen molar-refractivity contribution in [3.63, 3.8) is 0 Å². The summed E-state index contributed by atoms with van der Waals surface area (Å²) >= 11 is 0. The third kappa shape index (κ3) is 2.71. The van der Waals surface area contributed by atoms with Crippen LogP contribution >= 0.6 is 0 Å². The molecule has 0 aliphatic carbocycles. The summed E-state index contributed by atoms with van der Waals surface area (Å²) in [6.07, 6.45) is 0.885. The number of carbonyl (C=O) groups is 1. The van der Waals surface area contributed by atoms with Gasteiger partial charge in [0, 0.05) is 6.54 Å². The summed E-state index contributed by atoms with van der Waals surface area (Å²) in [6.45, 7) is 0.694. The molecule has 3 nitrogen and oxygen atoms in total. The maximum atomic E-state index is 10.0. The molecule has 2 N–H and O–H groups in total. The SMILES string of the molecule is CNCC(C=O)NC. The Labute approximate surface area is 49.5 Å². The van der Waals surface area contributed by atoms with Crippen molar-refractivity contribution in [1.82, 2.24) is 10.6 Å². The molecule has 8 heavy (non-hydrogen) atoms. The molecule has 3 heteroatoms. The summed E-state index contributed by atoms with van der Waals surface area (Å²) in [5.74, 6) is 0. The number of rotatable bonds is 4. The molecule has 0 rings (SSSR count). The molecule has 0 bridgehead atoms. The molecule has 0 aliphatic rings. The number of hydrogen-bond donors (Lipinski definition) is 2. The van der Waals surface area contributed by atoms with Gasteiger partial charge in [-0.2, -0.15) is 0 Å². The summed E-state index contributed by atoms with van der Waals surface area (Å²) < 4.78 is 0. The molecule has 0 heterocycles. The van der Waals surface area contributed by atoms with E-state index < -0.39 is 0 Å². The van der Waals surface area contributed by atoms with Gasteiger partial charge in [-0.3, -0.25) is 0 Å². The largest absolute Gasteiger partial charge is 0.318 e. The van der Waals surface area contributed by atoms with Crippen molar-refractivity contribution >= 4 is 6.29 Å². The normalized spacial score (nSPS) is 13.2. The van der Waals surface area contributed by atoms with Gasteiger partial charge in [-0.25, -0.2) is 0 Å². The zero-order valence-electron chi connectivity index (χ0n) is 5.27. The number of nitrogens with one attached hydrogen (secondary N) is 2. The summed E-state index contributed by atoms with van der Waals surface area (Å²) in [4.78, 5) is 10.0. The van der Waals surface area contributed by atoms with E-state index in [1.807, 2.05) is 7.05 Å². The second-order valence-electron chi connectivity index (χ2n) is 1.59. The summed E-state index contributed by atoms with van der Waals surface area (Å²) in [5, 5.41) is 5.70. The monoisotopic (exact) mass is 116 g/mol. The quantitative estimate of drug-likeness (QED) is 0.462. The Morgan fingerprint density at radius 1 is 1.62 bits per heavy atom. The molecule has 0 amide bonds. The van der Waals surface area contributed by atoms with Gasteiger partial charge in [-0.15, -0.1) is 0 Å². The van der Waals surface area contributed by atoms with Gasteiger partial charge in [-0.05, 0) is 14.1 Å². The van der Waals surface area contributed by atoms with Crippen molar-refractivity contribution in [3.05, 3.63) is 0 Å². The van der Waals surface area contributed by atoms with E-state index in [-0.39, 0.29) is 6.04 Å². The first-order valence-electron chi connectivity index (χ1n) is 2.62. The van der Waals surface area contributed by atoms with Gasteiger partial charge < -0.3 is 15.4 Å². The lowest BCUT2D eigenvalue weighted by Gasteiger charge is -2.05. The van der Waals surface area contributed by atoms with Gasteiger partial charge in [0.15, 0.2) is 0 Å². The van der Waals surface area contributed by atoms with Crippen LogP contribution in [0.3, 0.4) is 0 Å². The van der Waals surface area contributed by atoms with Crippen LogP contribution in [0.1, 0.15) is 0 Å². The zero-order chi connectivity index (χ0) is 6.41. The van der Waals surface area contributed by atoms with Gasteiger partial charge in [-0.1, -0.05) is 0 Å². The van der Waals surface area contributed by atoms with Gasteiger partial charge in [0.2, 0.25) is 0 Å². The molecule has 0 aromatic carbocycles. The molecular weight excluding hydrogens is 104 g/mol. The van der Waals surface area contributed by atoms with Crippen LogP contribution in [0.25, 0.3) is 0 Å². The van der Waals surface area contributed by atoms with E-state index in [0.29, 0.717) is 6.54 Å². The van der Waals surface area contributed by atoms with Crippen molar-refractivity contribution in [2.45, 2.75) is 6.04 Å². The van der Waals surface area contributed by atoms with Crippen molar-refractivity contribution in [3.8, 4) is 0 Å². The Kier molecular flexibility index (Phi) is 4.50. The standard InChI is InChI=1S/C5H12N2O/c1-6-3-5(4-8)7-2/h4-7H,3H2,1-2H3. The molecule has 0 spiro atoms. The van der Waals surface area contributed by atoms with Crippen LogP contribution in [0.15, 0.2) is 0 Å². The lowest BCUT2D eigenvalue weighted by atomic mass is 10.3. The smallest absolute Gasteiger partial charge is 0.138 e. The topological polar surface area (TPSA) is 41.1 Å². The Bertz CT molecular complexity index is 65.4. The minimum atomic E-state index is -0.0417. The maximum absolute atomic E-state index is 10.0. The van der Waals surface area contributed by atoms with E-state index in [9.17, 15) is 4.79 Å². The Hall–Kier alpha value is -0.410. The van der Waals surface area contributed by atoms with E-state index in [0.717, 1.165) is 6.29 Å². The molecule has 0 saturated heterocycles. The third-order valence-electron chi connectivity index (χ3n) is 0.959. The Morgan fingerprint density at radius 3 is 2.38 bits per heavy atom. The van der Waals surface area contributed by atoms with E-state index >= 15 is 0 Å². The molecule has 0 aromatic rings. The predicted molar refractivity (Wildman–Crippen MR) is 32.8 cm³/mol.